The fourth-order valence-corrected chi connectivity index (χ4v) is 0. The zero-order valence-electron chi connectivity index (χ0n) is 4.51. The average molecular weight is 177 g/mol. The van der Waals surface area contributed by atoms with Crippen LogP contribution >= 0.6 is 0 Å². The zero-order chi connectivity index (χ0) is 6.71. The predicted molar refractivity (Wildman–Crippen MR) is 19.1 cm³/mol. The van der Waals surface area contributed by atoms with Gasteiger partial charge in [0.25, 0.3) is 0 Å². The molecule has 0 aliphatic heterocycles. The van der Waals surface area contributed by atoms with E-state index in [-0.39, 0.29) is 46.6 Å². The fourth-order valence-electron chi connectivity index (χ4n) is 0. The van der Waals surface area contributed by atoms with Crippen molar-refractivity contribution in [2.75, 3.05) is 0 Å². The molecule has 0 aliphatic rings. The van der Waals surface area contributed by atoms with E-state index in [0.717, 1.165) is 5.34 Å². The van der Waals surface area contributed by atoms with Crippen LogP contribution in [-0.2, 0) is 17.1 Å². The van der Waals surface area contributed by atoms with E-state index in [1.807, 2.05) is 0 Å². The van der Waals surface area contributed by atoms with E-state index in [2.05, 4.69) is 0 Å². The van der Waals surface area contributed by atoms with Crippen LogP contribution in [0.2, 0.25) is 0 Å². The third-order valence-corrected chi connectivity index (χ3v) is 0. The van der Waals surface area contributed by atoms with Gasteiger partial charge in [0.05, 0.1) is 0 Å². The minimum absolute atomic E-state index is 0. The van der Waals surface area contributed by atoms with Gasteiger partial charge in [-0.25, -0.2) is 0 Å². The Morgan fingerprint density at radius 3 is 1.22 bits per heavy atom. The quantitative estimate of drug-likeness (QED) is 0.176. The number of hydrogen-bond donors (Lipinski definition) is 0. The van der Waals surface area contributed by atoms with Crippen molar-refractivity contribution in [2.45, 2.75) is 0 Å². The molecule has 0 amide bonds. The molecular weight excluding hydrogens is 177 g/mol. The molecule has 0 radical (unpaired) electrons. The van der Waals surface area contributed by atoms with Crippen molar-refractivity contribution in [3.05, 3.63) is 23.3 Å². The molecule has 0 rings (SSSR count). The summed E-state index contributed by atoms with van der Waals surface area (Å²) in [5.74, 6) is 0. The minimum atomic E-state index is 0. The van der Waals surface area contributed by atoms with E-state index in [1.54, 1.807) is 0 Å². The molecule has 0 bridgehead atoms. The predicted octanol–water partition coefficient (Wildman–Crippen LogP) is -2.56. The first-order valence-electron chi connectivity index (χ1n) is 0.812. The monoisotopic (exact) mass is 177 g/mol. The van der Waals surface area contributed by atoms with Crippen molar-refractivity contribution in [3.63, 3.8) is 0 Å². The van der Waals surface area contributed by atoms with Gasteiger partial charge in [-0.1, -0.05) is 0 Å². The Labute approximate surface area is 85.4 Å². The Morgan fingerprint density at radius 1 is 1.22 bits per heavy atom. The molecule has 0 fully saturated rings. The maximum atomic E-state index is 8.00. The Morgan fingerprint density at radius 2 is 1.22 bits per heavy atom. The third kappa shape index (κ3) is 27200. The van der Waals surface area contributed by atoms with Crippen molar-refractivity contribution in [3.8, 4) is 0 Å². The second-order valence-electron chi connectivity index (χ2n) is 0.0745. The molecule has 0 spiro atoms. The van der Waals surface area contributed by atoms with Crippen LogP contribution in [-0.4, -0.2) is 0 Å². The molecule has 0 aromatic heterocycles. The number of hydrogen-bond acceptors (Lipinski definition) is 5. The summed E-state index contributed by atoms with van der Waals surface area (Å²) < 4.78 is 0. The fraction of sp³-hybridized carbons (Fsp3) is 0. The summed E-state index contributed by atoms with van der Waals surface area (Å²) in [7, 11) is 0. The van der Waals surface area contributed by atoms with Gasteiger partial charge in [-0.05, 0) is 0 Å². The summed E-state index contributed by atoms with van der Waals surface area (Å²) in [6.45, 7) is 9.50. The van der Waals surface area contributed by atoms with E-state index in [4.69, 9.17) is 33.8 Å². The molecule has 0 N–H and O–H groups in total. The van der Waals surface area contributed by atoms with Crippen molar-refractivity contribution >= 4 is 0 Å². The van der Waals surface area contributed by atoms with Crippen molar-refractivity contribution < 1.29 is 46.6 Å². The average Bonchev–Trinajstić information content (AvgIpc) is 1.78. The molecule has 9 heavy (non-hydrogen) atoms. The van der Waals surface area contributed by atoms with Gasteiger partial charge in [-0.15, -0.1) is 5.34 Å². The standard InChI is InChI=1S/2CN.Fe.HNO2.Na/c2*1-2;;2-1-3;/h;;;(H,2,3);/q2*-1;;;+1/p-1. The Balaban J connectivity index is -0.00000000825. The molecule has 0 heterocycles. The number of nitrogens with zero attached hydrogens (tertiary/aromatic N) is 3. The topological polar surface area (TPSA) is 100 Å². The summed E-state index contributed by atoms with van der Waals surface area (Å²) in [4.78, 5) is 8.00. The second-order valence-corrected chi connectivity index (χ2v) is 0.0745. The summed E-state index contributed by atoms with van der Waals surface area (Å²) in [6, 6.07) is 0. The van der Waals surface area contributed by atoms with Gasteiger partial charge in [0.15, 0.2) is 0 Å². The molecule has 0 unspecified atom stereocenters. The van der Waals surface area contributed by atoms with Crippen LogP contribution in [0.1, 0.15) is 0 Å². The van der Waals surface area contributed by atoms with E-state index in [0.29, 0.717) is 0 Å². The third-order valence-electron chi connectivity index (χ3n) is 0. The first-order valence-corrected chi connectivity index (χ1v) is 0.812. The van der Waals surface area contributed by atoms with Gasteiger partial charge in [0.1, 0.15) is 0 Å². The molecule has 0 aliphatic carbocycles. The van der Waals surface area contributed by atoms with E-state index in [9.17, 15) is 0 Å². The molecule has 0 aromatic rings. The first-order chi connectivity index (χ1) is 3.41. The van der Waals surface area contributed by atoms with Crippen LogP contribution in [0.5, 0.6) is 0 Å². The molecule has 7 heteroatoms. The van der Waals surface area contributed by atoms with Gasteiger partial charge in [-0.3, -0.25) is 0 Å². The van der Waals surface area contributed by atoms with Gasteiger partial charge in [0, 0.05) is 17.1 Å². The largest absolute Gasteiger partial charge is 1.00 e. The minimum Gasteiger partial charge on any atom is -0.512 e. The van der Waals surface area contributed by atoms with Crippen LogP contribution in [0.4, 0.5) is 0 Å². The number of rotatable bonds is 0. The molecule has 0 saturated carbocycles. The Kier molecular flexibility index (Phi) is 1890. The van der Waals surface area contributed by atoms with Crippen molar-refractivity contribution in [1.29, 1.82) is 10.5 Å². The Hall–Kier alpha value is -0.101. The summed E-state index contributed by atoms with van der Waals surface area (Å²) in [5.41, 5.74) is 0. The van der Waals surface area contributed by atoms with Gasteiger partial charge in [0.2, 0.25) is 0 Å². The first kappa shape index (κ1) is 36.5. The van der Waals surface area contributed by atoms with E-state index < -0.39 is 0 Å². The summed E-state index contributed by atoms with van der Waals surface area (Å²) in [5, 5.41) is 21.5. The Bertz CT molecular complexity index is 59.3. The molecular formula is C2FeN3NaO2-2. The second kappa shape index (κ2) is 465. The van der Waals surface area contributed by atoms with Crippen LogP contribution in [0.3, 0.4) is 0 Å². The molecule has 0 saturated heterocycles. The SMILES string of the molecule is O=N[O-].[C-]#N.[C-]#N.[Fe].[Na+]. The maximum Gasteiger partial charge on any atom is 1.00 e. The molecule has 0 aromatic carbocycles. The smallest absolute Gasteiger partial charge is 0.512 e. The van der Waals surface area contributed by atoms with Gasteiger partial charge < -0.3 is 33.8 Å². The van der Waals surface area contributed by atoms with E-state index >= 15 is 0 Å². The summed E-state index contributed by atoms with van der Waals surface area (Å²) in [6.07, 6.45) is 0. The van der Waals surface area contributed by atoms with Crippen LogP contribution < -0.4 is 29.6 Å². The van der Waals surface area contributed by atoms with Crippen LogP contribution in [0, 0.1) is 33.8 Å². The zero-order valence-corrected chi connectivity index (χ0v) is 7.62. The van der Waals surface area contributed by atoms with Crippen molar-refractivity contribution in [2.24, 2.45) is 5.34 Å². The molecule has 46 valence electrons. The van der Waals surface area contributed by atoms with Gasteiger partial charge in [-0.2, -0.15) is 0 Å². The normalized spacial score (nSPS) is 1.78. The molecule has 0 atom stereocenters. The van der Waals surface area contributed by atoms with Crippen LogP contribution in [0.25, 0.3) is 0 Å². The summed E-state index contributed by atoms with van der Waals surface area (Å²) >= 11 is 0. The van der Waals surface area contributed by atoms with E-state index in [1.165, 1.54) is 0 Å². The maximum absolute atomic E-state index is 8.00. The van der Waals surface area contributed by atoms with Crippen LogP contribution in [0.15, 0.2) is 5.34 Å². The molecule has 5 nitrogen and oxygen atoms in total. The van der Waals surface area contributed by atoms with Gasteiger partial charge >= 0.3 is 29.6 Å². The van der Waals surface area contributed by atoms with Crippen molar-refractivity contribution in [1.82, 2.24) is 0 Å².